The predicted octanol–water partition coefficient (Wildman–Crippen LogP) is 3.68. The van der Waals surface area contributed by atoms with Crippen LogP contribution in [0.3, 0.4) is 0 Å². The molecule has 2 aliphatic rings. The summed E-state index contributed by atoms with van der Waals surface area (Å²) in [5.74, 6) is -4.54. The van der Waals surface area contributed by atoms with Gasteiger partial charge in [0.1, 0.15) is 17.1 Å². The number of nitrogens with one attached hydrogen (secondary N) is 1. The molecule has 208 valence electrons. The van der Waals surface area contributed by atoms with E-state index in [9.17, 15) is 33.7 Å². The highest BCUT2D eigenvalue weighted by Gasteiger charge is 2.41. The maximum atomic E-state index is 13.7. The van der Waals surface area contributed by atoms with Crippen molar-refractivity contribution in [3.8, 4) is 11.3 Å². The molecular weight excluding hydrogens is 531 g/mol. The van der Waals surface area contributed by atoms with E-state index >= 15 is 0 Å². The minimum Gasteiger partial charge on any atom is -0.478 e. The molecule has 1 aromatic heterocycles. The highest BCUT2D eigenvalue weighted by Crippen LogP contribution is 2.45. The van der Waals surface area contributed by atoms with E-state index in [1.165, 1.54) is 12.1 Å². The number of benzene rings is 2. The number of nitro groups is 1. The number of aliphatic carboxylic acids is 2. The first-order valence-electron chi connectivity index (χ1n) is 12.1. The highest BCUT2D eigenvalue weighted by atomic mass is 19.1. The van der Waals surface area contributed by atoms with Crippen LogP contribution in [0.15, 0.2) is 40.9 Å². The van der Waals surface area contributed by atoms with Crippen LogP contribution in [0.2, 0.25) is 0 Å². The van der Waals surface area contributed by atoms with Crippen LogP contribution in [0, 0.1) is 15.9 Å². The quantitative estimate of drug-likeness (QED) is 0.174. The number of nitro benzene ring substituents is 1. The van der Waals surface area contributed by atoms with E-state index in [1.54, 1.807) is 6.07 Å². The van der Waals surface area contributed by atoms with E-state index in [0.717, 1.165) is 38.4 Å². The zero-order valence-corrected chi connectivity index (χ0v) is 21.0. The van der Waals surface area contributed by atoms with Gasteiger partial charge in [-0.3, -0.25) is 29.9 Å². The SMILES string of the molecule is CC(c1cc2c(c([N+](=O)[O-])c1-c1noc3cc(F)ccc13)C(=O)NC2=O)N1CCCCC1.O=C(O)C=CC(=O)O. The van der Waals surface area contributed by atoms with E-state index in [4.69, 9.17) is 14.7 Å². The fourth-order valence-corrected chi connectivity index (χ4v) is 4.83. The average Bonchev–Trinajstić information content (AvgIpc) is 3.45. The van der Waals surface area contributed by atoms with Crippen molar-refractivity contribution in [1.29, 1.82) is 0 Å². The molecule has 3 N–H and O–H groups in total. The van der Waals surface area contributed by atoms with Crippen LogP contribution in [0.1, 0.15) is 58.5 Å². The molecule has 13 nitrogen and oxygen atoms in total. The number of rotatable bonds is 6. The monoisotopic (exact) mass is 554 g/mol. The molecule has 0 saturated carbocycles. The maximum Gasteiger partial charge on any atom is 0.328 e. The van der Waals surface area contributed by atoms with E-state index in [2.05, 4.69) is 15.4 Å². The minimum atomic E-state index is -1.26. The van der Waals surface area contributed by atoms with Gasteiger partial charge in [-0.15, -0.1) is 0 Å². The first-order chi connectivity index (χ1) is 19.0. The molecule has 5 rings (SSSR count). The van der Waals surface area contributed by atoms with Crippen LogP contribution in [-0.4, -0.2) is 62.0 Å². The second kappa shape index (κ2) is 11.4. The number of nitrogens with zero attached hydrogens (tertiary/aromatic N) is 3. The summed E-state index contributed by atoms with van der Waals surface area (Å²) < 4.78 is 19.0. The lowest BCUT2D eigenvalue weighted by Crippen LogP contribution is -2.32. The van der Waals surface area contributed by atoms with Crippen LogP contribution in [0.5, 0.6) is 0 Å². The molecule has 3 aromatic rings. The molecule has 1 fully saturated rings. The second-order valence-electron chi connectivity index (χ2n) is 9.11. The van der Waals surface area contributed by atoms with E-state index < -0.39 is 40.2 Å². The third-order valence-corrected chi connectivity index (χ3v) is 6.64. The summed E-state index contributed by atoms with van der Waals surface area (Å²) in [5, 5.41) is 34.4. The predicted molar refractivity (Wildman–Crippen MR) is 136 cm³/mol. The molecule has 0 spiro atoms. The minimum absolute atomic E-state index is 0.0249. The van der Waals surface area contributed by atoms with Gasteiger partial charge in [0.05, 0.1) is 21.4 Å². The second-order valence-corrected chi connectivity index (χ2v) is 9.11. The Morgan fingerprint density at radius 3 is 2.35 bits per heavy atom. The Morgan fingerprint density at radius 1 is 1.10 bits per heavy atom. The number of carbonyl (C=O) groups is 4. The van der Waals surface area contributed by atoms with Gasteiger partial charge in [-0.1, -0.05) is 11.6 Å². The van der Waals surface area contributed by atoms with Crippen molar-refractivity contribution in [1.82, 2.24) is 15.4 Å². The summed E-state index contributed by atoms with van der Waals surface area (Å²) in [6, 6.07) is 5.06. The van der Waals surface area contributed by atoms with Crippen molar-refractivity contribution in [2.45, 2.75) is 32.2 Å². The largest absolute Gasteiger partial charge is 0.478 e. The fraction of sp³-hybridized carbons (Fsp3) is 0.269. The third-order valence-electron chi connectivity index (χ3n) is 6.64. The van der Waals surface area contributed by atoms with Gasteiger partial charge in [0.15, 0.2) is 5.58 Å². The summed E-state index contributed by atoms with van der Waals surface area (Å²) in [6.07, 6.45) is 4.22. The van der Waals surface area contributed by atoms with Crippen molar-refractivity contribution in [2.75, 3.05) is 13.1 Å². The zero-order chi connectivity index (χ0) is 29.1. The lowest BCUT2D eigenvalue weighted by Gasteiger charge is -2.33. The van der Waals surface area contributed by atoms with Gasteiger partial charge in [-0.25, -0.2) is 14.0 Å². The topological polar surface area (TPSA) is 193 Å². The number of imide groups is 1. The van der Waals surface area contributed by atoms with Crippen molar-refractivity contribution >= 4 is 40.4 Å². The first-order valence-corrected chi connectivity index (χ1v) is 12.1. The lowest BCUT2D eigenvalue weighted by atomic mass is 9.89. The third kappa shape index (κ3) is 5.56. The molecule has 1 unspecified atom stereocenters. The zero-order valence-electron chi connectivity index (χ0n) is 21.0. The number of carboxylic acids is 2. The Kier molecular flexibility index (Phi) is 8.00. The molecule has 0 radical (unpaired) electrons. The smallest absolute Gasteiger partial charge is 0.328 e. The number of hydrogen-bond acceptors (Lipinski definition) is 9. The number of fused-ring (bicyclic) bond motifs is 2. The van der Waals surface area contributed by atoms with Crippen molar-refractivity contribution in [3.63, 3.8) is 0 Å². The van der Waals surface area contributed by atoms with Gasteiger partial charge in [-0.05, 0) is 56.6 Å². The van der Waals surface area contributed by atoms with E-state index in [-0.39, 0.29) is 34.0 Å². The molecule has 2 aromatic carbocycles. The van der Waals surface area contributed by atoms with Crippen molar-refractivity contribution in [2.24, 2.45) is 0 Å². The molecular formula is C26H23FN4O9. The molecule has 1 saturated heterocycles. The van der Waals surface area contributed by atoms with Gasteiger partial charge >= 0.3 is 11.9 Å². The number of carboxylic acid groups (broad SMARTS) is 2. The molecule has 3 heterocycles. The molecule has 1 atom stereocenters. The summed E-state index contributed by atoms with van der Waals surface area (Å²) >= 11 is 0. The summed E-state index contributed by atoms with van der Waals surface area (Å²) in [5.41, 5.74) is 0.0754. The molecule has 2 amide bonds. The summed E-state index contributed by atoms with van der Waals surface area (Å²) in [7, 11) is 0. The van der Waals surface area contributed by atoms with Gasteiger partial charge in [0.25, 0.3) is 17.5 Å². The Bertz CT molecular complexity index is 1560. The number of carbonyl (C=O) groups excluding carboxylic acids is 2. The maximum absolute atomic E-state index is 13.7. The highest BCUT2D eigenvalue weighted by molar-refractivity contribution is 6.24. The molecule has 14 heteroatoms. The first kappa shape index (κ1) is 28.0. The Labute approximate surface area is 225 Å². The summed E-state index contributed by atoms with van der Waals surface area (Å²) in [6.45, 7) is 3.53. The number of amides is 2. The molecule has 0 bridgehead atoms. The van der Waals surface area contributed by atoms with Crippen LogP contribution < -0.4 is 5.32 Å². The van der Waals surface area contributed by atoms with E-state index in [1.807, 2.05) is 6.92 Å². The Morgan fingerprint density at radius 2 is 1.75 bits per heavy atom. The molecule has 2 aliphatic heterocycles. The van der Waals surface area contributed by atoms with Gasteiger partial charge in [0, 0.05) is 24.3 Å². The van der Waals surface area contributed by atoms with Crippen molar-refractivity contribution < 1.29 is 43.2 Å². The van der Waals surface area contributed by atoms with Crippen LogP contribution in [-0.2, 0) is 9.59 Å². The number of aromatic nitrogens is 1. The van der Waals surface area contributed by atoms with E-state index in [0.29, 0.717) is 23.1 Å². The normalized spacial score (nSPS) is 15.8. The van der Waals surface area contributed by atoms with Gasteiger partial charge in [-0.2, -0.15) is 0 Å². The number of halogens is 1. The van der Waals surface area contributed by atoms with Crippen LogP contribution >= 0.6 is 0 Å². The van der Waals surface area contributed by atoms with Gasteiger partial charge in [0.2, 0.25) is 0 Å². The number of piperidine rings is 1. The van der Waals surface area contributed by atoms with Crippen LogP contribution in [0.25, 0.3) is 22.2 Å². The summed E-state index contributed by atoms with van der Waals surface area (Å²) in [4.78, 5) is 57.8. The van der Waals surface area contributed by atoms with Crippen molar-refractivity contribution in [3.05, 3.63) is 69.0 Å². The number of likely N-dealkylation sites (tertiary alicyclic amines) is 1. The molecule has 40 heavy (non-hydrogen) atoms. The van der Waals surface area contributed by atoms with Crippen LogP contribution in [0.4, 0.5) is 10.1 Å². The average molecular weight is 554 g/mol. The lowest BCUT2D eigenvalue weighted by molar-refractivity contribution is -0.384. The standard InChI is InChI=1S/C22H19FN4O5.C4H4O4/c1-11(26-7-3-2-4-8-26)14-10-15-18(22(29)24-21(15)28)20(27(30)31)17(14)19-13-6-5-12(23)9-16(13)32-25-19;5-3(6)1-2-4(7)8/h5-6,9-11H,2-4,7-8H2,1H3,(H,24,28,29);1-2H,(H,5,6)(H,7,8). The Hall–Kier alpha value is -4.98. The Balaban J connectivity index is 0.000000406. The number of hydrogen-bond donors (Lipinski definition) is 3. The van der Waals surface area contributed by atoms with Gasteiger partial charge < -0.3 is 14.7 Å². The fourth-order valence-electron chi connectivity index (χ4n) is 4.83. The molecule has 0 aliphatic carbocycles.